The number of nitrogens with zero attached hydrogens (tertiary/aromatic N) is 3. The molecular formula is C26H30FN3O4S. The highest BCUT2D eigenvalue weighted by Gasteiger charge is 2.50. The van der Waals surface area contributed by atoms with Crippen molar-refractivity contribution in [2.24, 2.45) is 11.3 Å². The third-order valence-corrected chi connectivity index (χ3v) is 9.15. The monoisotopic (exact) mass is 499 g/mol. The number of benzene rings is 2. The van der Waals surface area contributed by atoms with E-state index < -0.39 is 10.0 Å². The summed E-state index contributed by atoms with van der Waals surface area (Å²) in [6.45, 7) is 2.24. The SMILES string of the molecule is COCCOC[C@]12Cc3cnn(-c4ccc(F)cc4)c3C[C@@H]1CCN(S(=O)(=O)c1ccccc1)C2. The van der Waals surface area contributed by atoms with Gasteiger partial charge in [-0.15, -0.1) is 0 Å². The van der Waals surface area contributed by atoms with E-state index in [-0.39, 0.29) is 17.2 Å². The lowest BCUT2D eigenvalue weighted by Gasteiger charge is -2.50. The molecule has 0 N–H and O–H groups in total. The predicted octanol–water partition coefficient (Wildman–Crippen LogP) is 3.47. The van der Waals surface area contributed by atoms with Crippen molar-refractivity contribution in [2.75, 3.05) is 40.0 Å². The van der Waals surface area contributed by atoms with Crippen LogP contribution in [0.2, 0.25) is 0 Å². The highest BCUT2D eigenvalue weighted by molar-refractivity contribution is 7.89. The van der Waals surface area contributed by atoms with E-state index in [0.29, 0.717) is 44.2 Å². The van der Waals surface area contributed by atoms with Gasteiger partial charge in [-0.25, -0.2) is 17.5 Å². The van der Waals surface area contributed by atoms with Crippen molar-refractivity contribution in [3.8, 4) is 5.69 Å². The molecule has 0 unspecified atom stereocenters. The zero-order valence-corrected chi connectivity index (χ0v) is 20.6. The standard InChI is InChI=1S/C26H30FN3O4S/c1-33-13-14-34-19-26-16-20-17-28-30(23-9-7-22(27)8-10-23)25(20)15-21(26)11-12-29(18-26)35(31,32)24-5-3-2-4-6-24/h2-10,17,21H,11-16,18-19H2,1H3/t21-,26+/m0/s1. The molecule has 3 aromatic rings. The molecule has 1 aromatic heterocycles. The van der Waals surface area contributed by atoms with Crippen molar-refractivity contribution in [3.63, 3.8) is 0 Å². The quantitative estimate of drug-likeness (QED) is 0.444. The van der Waals surface area contributed by atoms with Crippen molar-refractivity contribution in [2.45, 2.75) is 24.2 Å². The van der Waals surface area contributed by atoms with Crippen LogP contribution in [0.5, 0.6) is 0 Å². The molecule has 2 aliphatic rings. The van der Waals surface area contributed by atoms with Gasteiger partial charge in [0.05, 0.1) is 36.6 Å². The number of hydrogen-bond donors (Lipinski definition) is 0. The molecule has 35 heavy (non-hydrogen) atoms. The molecule has 5 rings (SSSR count). The maximum Gasteiger partial charge on any atom is 0.243 e. The fraction of sp³-hybridized carbons (Fsp3) is 0.423. The molecule has 1 aliphatic carbocycles. The summed E-state index contributed by atoms with van der Waals surface area (Å²) in [5.74, 6) is -0.0512. The minimum absolute atomic E-state index is 0.232. The summed E-state index contributed by atoms with van der Waals surface area (Å²) in [5, 5.41) is 4.61. The Morgan fingerprint density at radius 3 is 2.63 bits per heavy atom. The van der Waals surface area contributed by atoms with E-state index in [0.717, 1.165) is 29.8 Å². The summed E-state index contributed by atoms with van der Waals surface area (Å²) in [6.07, 6.45) is 4.02. The number of hydrogen-bond acceptors (Lipinski definition) is 5. The van der Waals surface area contributed by atoms with E-state index in [1.54, 1.807) is 47.8 Å². The summed E-state index contributed by atoms with van der Waals surface area (Å²) < 4.78 is 55.1. The van der Waals surface area contributed by atoms with Crippen LogP contribution in [0.3, 0.4) is 0 Å². The summed E-state index contributed by atoms with van der Waals surface area (Å²) in [6, 6.07) is 14.9. The van der Waals surface area contributed by atoms with Crippen LogP contribution in [0.4, 0.5) is 4.39 Å². The van der Waals surface area contributed by atoms with Crippen molar-refractivity contribution in [1.29, 1.82) is 0 Å². The number of ether oxygens (including phenoxy) is 2. The second kappa shape index (κ2) is 9.81. The number of methoxy groups -OCH3 is 1. The van der Waals surface area contributed by atoms with Gasteiger partial charge >= 0.3 is 0 Å². The second-order valence-corrected chi connectivity index (χ2v) is 11.4. The lowest BCUT2D eigenvalue weighted by molar-refractivity contribution is -0.0442. The Labute approximate surface area is 205 Å². The summed E-state index contributed by atoms with van der Waals surface area (Å²) in [5.41, 5.74) is 2.64. The molecule has 9 heteroatoms. The highest BCUT2D eigenvalue weighted by atomic mass is 32.2. The van der Waals surface area contributed by atoms with E-state index in [4.69, 9.17) is 9.47 Å². The Morgan fingerprint density at radius 1 is 1.11 bits per heavy atom. The Hall–Kier alpha value is -2.59. The number of fused-ring (bicyclic) bond motifs is 2. The van der Waals surface area contributed by atoms with E-state index >= 15 is 0 Å². The number of halogens is 1. The average Bonchev–Trinajstić information content (AvgIpc) is 3.28. The third kappa shape index (κ3) is 4.65. The molecule has 0 spiro atoms. The number of aromatic nitrogens is 2. The smallest absolute Gasteiger partial charge is 0.243 e. The summed E-state index contributed by atoms with van der Waals surface area (Å²) in [7, 11) is -1.97. The predicted molar refractivity (Wildman–Crippen MR) is 129 cm³/mol. The van der Waals surface area contributed by atoms with Gasteiger partial charge in [0, 0.05) is 31.3 Å². The molecule has 0 amide bonds. The molecule has 2 atom stereocenters. The molecule has 2 heterocycles. The first-order chi connectivity index (χ1) is 16.9. The lowest BCUT2D eigenvalue weighted by Crippen LogP contribution is -2.56. The fourth-order valence-corrected chi connectivity index (χ4v) is 7.03. The van der Waals surface area contributed by atoms with Gasteiger partial charge in [0.1, 0.15) is 5.82 Å². The van der Waals surface area contributed by atoms with Crippen LogP contribution in [0, 0.1) is 17.2 Å². The Morgan fingerprint density at radius 2 is 1.89 bits per heavy atom. The molecule has 0 radical (unpaired) electrons. The first-order valence-electron chi connectivity index (χ1n) is 11.9. The number of rotatable bonds is 8. The molecule has 1 saturated heterocycles. The van der Waals surface area contributed by atoms with Gasteiger partial charge in [-0.2, -0.15) is 9.40 Å². The van der Waals surface area contributed by atoms with Crippen molar-refractivity contribution < 1.29 is 22.3 Å². The molecule has 1 aliphatic heterocycles. The van der Waals surface area contributed by atoms with Gasteiger partial charge in [-0.1, -0.05) is 18.2 Å². The molecule has 0 bridgehead atoms. The van der Waals surface area contributed by atoms with Crippen LogP contribution in [-0.2, 0) is 32.3 Å². The first-order valence-corrected chi connectivity index (χ1v) is 13.3. The third-order valence-electron chi connectivity index (χ3n) is 7.30. The molecule has 0 saturated carbocycles. The Balaban J connectivity index is 1.46. The number of piperidine rings is 1. The van der Waals surface area contributed by atoms with Crippen molar-refractivity contribution in [1.82, 2.24) is 14.1 Å². The summed E-state index contributed by atoms with van der Waals surface area (Å²) in [4.78, 5) is 0.314. The first kappa shape index (κ1) is 24.1. The van der Waals surface area contributed by atoms with Gasteiger partial charge in [0.2, 0.25) is 10.0 Å². The van der Waals surface area contributed by atoms with Gasteiger partial charge in [-0.3, -0.25) is 0 Å². The van der Waals surface area contributed by atoms with Gasteiger partial charge in [0.25, 0.3) is 0 Å². The van der Waals surface area contributed by atoms with E-state index in [2.05, 4.69) is 5.10 Å². The van der Waals surface area contributed by atoms with Crippen LogP contribution < -0.4 is 0 Å². The highest BCUT2D eigenvalue weighted by Crippen LogP contribution is 2.47. The largest absolute Gasteiger partial charge is 0.382 e. The number of sulfonamides is 1. The van der Waals surface area contributed by atoms with Crippen LogP contribution in [0.15, 0.2) is 65.7 Å². The van der Waals surface area contributed by atoms with E-state index in [1.807, 2.05) is 16.9 Å². The van der Waals surface area contributed by atoms with Crippen LogP contribution >= 0.6 is 0 Å². The van der Waals surface area contributed by atoms with Crippen molar-refractivity contribution in [3.05, 3.63) is 77.9 Å². The topological polar surface area (TPSA) is 73.7 Å². The maximum absolute atomic E-state index is 13.5. The van der Waals surface area contributed by atoms with Gasteiger partial charge in [-0.05, 0) is 67.1 Å². The zero-order chi connectivity index (χ0) is 24.5. The van der Waals surface area contributed by atoms with Gasteiger partial charge < -0.3 is 9.47 Å². The molecule has 2 aromatic carbocycles. The average molecular weight is 500 g/mol. The molecule has 7 nitrogen and oxygen atoms in total. The molecule has 186 valence electrons. The zero-order valence-electron chi connectivity index (χ0n) is 19.8. The van der Waals surface area contributed by atoms with Crippen LogP contribution in [-0.4, -0.2) is 62.5 Å². The maximum atomic E-state index is 13.5. The van der Waals surface area contributed by atoms with Crippen LogP contribution in [0.25, 0.3) is 5.69 Å². The van der Waals surface area contributed by atoms with E-state index in [1.165, 1.54) is 12.1 Å². The fourth-order valence-electron chi connectivity index (χ4n) is 5.45. The normalized spacial score (nSPS) is 22.5. The second-order valence-electron chi connectivity index (χ2n) is 9.43. The minimum atomic E-state index is -3.61. The van der Waals surface area contributed by atoms with E-state index in [9.17, 15) is 12.8 Å². The molecular weight excluding hydrogens is 469 g/mol. The van der Waals surface area contributed by atoms with Gasteiger partial charge in [0.15, 0.2) is 0 Å². The lowest BCUT2D eigenvalue weighted by atomic mass is 9.63. The van der Waals surface area contributed by atoms with Crippen molar-refractivity contribution >= 4 is 10.0 Å². The summed E-state index contributed by atoms with van der Waals surface area (Å²) >= 11 is 0. The Bertz CT molecular complexity index is 1260. The Kier molecular flexibility index (Phi) is 6.76. The minimum Gasteiger partial charge on any atom is -0.382 e. The molecule has 1 fully saturated rings. The van der Waals surface area contributed by atoms with Crippen LogP contribution in [0.1, 0.15) is 17.7 Å².